The first-order valence-corrected chi connectivity index (χ1v) is 5.73. The Balaban J connectivity index is 0.00000144. The lowest BCUT2D eigenvalue weighted by atomic mass is 9.96. The van der Waals surface area contributed by atoms with Gasteiger partial charge in [0.2, 0.25) is 0 Å². The Morgan fingerprint density at radius 2 is 2.12 bits per heavy atom. The third-order valence-corrected chi connectivity index (χ3v) is 2.99. The Bertz CT molecular complexity index is 469. The lowest BCUT2D eigenvalue weighted by molar-refractivity contribution is 0.135. The molecule has 1 aromatic heterocycles. The maximum absolute atomic E-state index is 9.93. The van der Waals surface area contributed by atoms with E-state index in [1.807, 2.05) is 37.4 Å². The molecule has 0 radical (unpaired) electrons. The van der Waals surface area contributed by atoms with Crippen LogP contribution in [0.15, 0.2) is 30.5 Å². The molecule has 2 atom stereocenters. The molecule has 2 aromatic rings. The van der Waals surface area contributed by atoms with Gasteiger partial charge in [0.25, 0.3) is 0 Å². The maximum Gasteiger partial charge on any atom is 0.0732 e. The van der Waals surface area contributed by atoms with Crippen molar-refractivity contribution in [3.8, 4) is 0 Å². The molecule has 0 fully saturated rings. The van der Waals surface area contributed by atoms with Crippen molar-refractivity contribution in [1.82, 2.24) is 4.98 Å². The average Bonchev–Trinajstić information content (AvgIpc) is 2.76. The van der Waals surface area contributed by atoms with E-state index in [0.717, 1.165) is 29.3 Å². The van der Waals surface area contributed by atoms with Crippen molar-refractivity contribution in [2.75, 3.05) is 0 Å². The number of nitrogens with one attached hydrogen (secondary N) is 1. The van der Waals surface area contributed by atoms with Gasteiger partial charge in [0.05, 0.1) is 12.1 Å². The highest BCUT2D eigenvalue weighted by Crippen LogP contribution is 2.25. The molecule has 3 nitrogen and oxygen atoms in total. The smallest absolute Gasteiger partial charge is 0.0732 e. The molecular weight excluding hydrogens is 236 g/mol. The van der Waals surface area contributed by atoms with Gasteiger partial charge in [0.1, 0.15) is 0 Å². The Morgan fingerprint density at radius 3 is 2.82 bits per heavy atom. The van der Waals surface area contributed by atoms with Crippen molar-refractivity contribution in [1.29, 1.82) is 0 Å². The fourth-order valence-electron chi connectivity index (χ4n) is 2.08. The van der Waals surface area contributed by atoms with Crippen LogP contribution in [0.3, 0.4) is 0 Å². The van der Waals surface area contributed by atoms with E-state index >= 15 is 0 Å². The summed E-state index contributed by atoms with van der Waals surface area (Å²) in [5, 5.41) is 11.0. The molecule has 0 unspecified atom stereocenters. The van der Waals surface area contributed by atoms with Crippen molar-refractivity contribution in [3.63, 3.8) is 0 Å². The number of aromatic amines is 1. The van der Waals surface area contributed by atoms with Crippen molar-refractivity contribution in [2.45, 2.75) is 31.9 Å². The summed E-state index contributed by atoms with van der Waals surface area (Å²) in [5.74, 6) is 0. The molecule has 17 heavy (non-hydrogen) atoms. The second kappa shape index (κ2) is 6.05. The minimum absolute atomic E-state index is 0. The van der Waals surface area contributed by atoms with Crippen LogP contribution in [0.1, 0.15) is 31.4 Å². The number of aromatic nitrogens is 1. The lowest BCUT2D eigenvalue weighted by Gasteiger charge is -2.19. The van der Waals surface area contributed by atoms with Crippen LogP contribution in [0.25, 0.3) is 10.9 Å². The van der Waals surface area contributed by atoms with Gasteiger partial charge in [-0.3, -0.25) is 0 Å². The Kier molecular flexibility index (Phi) is 5.00. The largest absolute Gasteiger partial charge is 0.391 e. The maximum atomic E-state index is 9.93. The average molecular weight is 255 g/mol. The van der Waals surface area contributed by atoms with E-state index in [1.165, 1.54) is 0 Å². The van der Waals surface area contributed by atoms with Crippen LogP contribution in [0, 0.1) is 0 Å². The van der Waals surface area contributed by atoms with Gasteiger partial charge < -0.3 is 15.8 Å². The summed E-state index contributed by atoms with van der Waals surface area (Å²) < 4.78 is 0. The Labute approximate surface area is 107 Å². The molecule has 0 saturated carbocycles. The molecular formula is C13H19ClN2O. The summed E-state index contributed by atoms with van der Waals surface area (Å²) in [6.07, 6.45) is 3.11. The number of benzene rings is 1. The van der Waals surface area contributed by atoms with Gasteiger partial charge in [-0.25, -0.2) is 0 Å². The summed E-state index contributed by atoms with van der Waals surface area (Å²) in [4.78, 5) is 3.15. The summed E-state index contributed by atoms with van der Waals surface area (Å²) in [6, 6.07) is 7.66. The molecule has 0 amide bonds. The Morgan fingerprint density at radius 1 is 1.35 bits per heavy atom. The topological polar surface area (TPSA) is 62.0 Å². The fraction of sp³-hybridized carbons (Fsp3) is 0.385. The number of nitrogens with two attached hydrogens (primary N) is 1. The van der Waals surface area contributed by atoms with E-state index in [2.05, 4.69) is 4.98 Å². The van der Waals surface area contributed by atoms with Gasteiger partial charge in [0, 0.05) is 17.1 Å². The molecule has 2 rings (SSSR count). The fourth-order valence-corrected chi connectivity index (χ4v) is 2.08. The lowest BCUT2D eigenvalue weighted by Crippen LogP contribution is -2.26. The third kappa shape index (κ3) is 2.80. The van der Waals surface area contributed by atoms with Crippen molar-refractivity contribution in [2.24, 2.45) is 5.73 Å². The molecule has 0 saturated heterocycles. The predicted octanol–water partition coefficient (Wildman–Crippen LogP) is 2.75. The number of hydrogen-bond donors (Lipinski definition) is 3. The zero-order valence-corrected chi connectivity index (χ0v) is 10.7. The highest BCUT2D eigenvalue weighted by Gasteiger charge is 2.17. The van der Waals surface area contributed by atoms with Gasteiger partial charge in [-0.15, -0.1) is 12.4 Å². The van der Waals surface area contributed by atoms with Crippen LogP contribution in [0.5, 0.6) is 0 Å². The van der Waals surface area contributed by atoms with Gasteiger partial charge in [-0.2, -0.15) is 0 Å². The van der Waals surface area contributed by atoms with Crippen molar-refractivity contribution >= 4 is 23.3 Å². The van der Waals surface area contributed by atoms with Crippen LogP contribution in [0.2, 0.25) is 0 Å². The number of halogens is 1. The first-order valence-electron chi connectivity index (χ1n) is 5.73. The molecule has 4 heteroatoms. The normalized spacial score (nSPS) is 14.3. The monoisotopic (exact) mass is 254 g/mol. The van der Waals surface area contributed by atoms with Crippen LogP contribution in [0.4, 0.5) is 0 Å². The van der Waals surface area contributed by atoms with E-state index in [4.69, 9.17) is 5.73 Å². The van der Waals surface area contributed by atoms with Crippen LogP contribution in [-0.2, 0) is 0 Å². The molecule has 4 N–H and O–H groups in total. The summed E-state index contributed by atoms with van der Waals surface area (Å²) in [5.41, 5.74) is 8.17. The highest BCUT2D eigenvalue weighted by molar-refractivity contribution is 5.85. The van der Waals surface area contributed by atoms with E-state index in [1.54, 1.807) is 0 Å². The summed E-state index contributed by atoms with van der Waals surface area (Å²) in [7, 11) is 0. The van der Waals surface area contributed by atoms with E-state index < -0.39 is 6.10 Å². The molecule has 0 spiro atoms. The first-order chi connectivity index (χ1) is 7.74. The van der Waals surface area contributed by atoms with E-state index in [-0.39, 0.29) is 18.4 Å². The predicted molar refractivity (Wildman–Crippen MR) is 73.4 cm³/mol. The molecule has 0 aliphatic rings. The van der Waals surface area contributed by atoms with Crippen LogP contribution >= 0.6 is 12.4 Å². The Hall–Kier alpha value is -1.03. The van der Waals surface area contributed by atoms with E-state index in [9.17, 15) is 5.11 Å². The van der Waals surface area contributed by atoms with Gasteiger partial charge in [-0.05, 0) is 24.1 Å². The van der Waals surface area contributed by atoms with Crippen molar-refractivity contribution < 1.29 is 5.11 Å². The van der Waals surface area contributed by atoms with Crippen LogP contribution < -0.4 is 5.73 Å². The molecule has 94 valence electrons. The summed E-state index contributed by atoms with van der Waals surface area (Å²) >= 11 is 0. The van der Waals surface area contributed by atoms with Crippen molar-refractivity contribution in [3.05, 3.63) is 36.0 Å². The summed E-state index contributed by atoms with van der Waals surface area (Å²) in [6.45, 7) is 2.05. The quantitative estimate of drug-likeness (QED) is 0.786. The molecule has 0 aliphatic heterocycles. The zero-order chi connectivity index (χ0) is 11.5. The highest BCUT2D eigenvalue weighted by atomic mass is 35.5. The third-order valence-electron chi connectivity index (χ3n) is 2.99. The number of H-pyrrole nitrogens is 1. The van der Waals surface area contributed by atoms with Gasteiger partial charge in [0.15, 0.2) is 0 Å². The first kappa shape index (κ1) is 14.0. The van der Waals surface area contributed by atoms with E-state index in [0.29, 0.717) is 0 Å². The second-order valence-corrected chi connectivity index (χ2v) is 4.17. The SMILES string of the molecule is CCC[C@H](O)[C@H](N)c1cccc2[nH]ccc12.Cl. The van der Waals surface area contributed by atoms with Gasteiger partial charge >= 0.3 is 0 Å². The van der Waals surface area contributed by atoms with Gasteiger partial charge in [-0.1, -0.05) is 25.5 Å². The number of aliphatic hydroxyl groups is 1. The zero-order valence-electron chi connectivity index (χ0n) is 9.89. The second-order valence-electron chi connectivity index (χ2n) is 4.17. The number of aliphatic hydroxyl groups excluding tert-OH is 1. The minimum atomic E-state index is -0.467. The van der Waals surface area contributed by atoms with Crippen LogP contribution in [-0.4, -0.2) is 16.2 Å². The number of hydrogen-bond acceptors (Lipinski definition) is 2. The molecule has 0 bridgehead atoms. The molecule has 1 aromatic carbocycles. The number of fused-ring (bicyclic) bond motifs is 1. The minimum Gasteiger partial charge on any atom is -0.391 e. The molecule has 0 aliphatic carbocycles. The standard InChI is InChI=1S/C13H18N2O.ClH/c1-2-4-12(16)13(14)10-5-3-6-11-9(10)7-8-15-11;/h3,5-8,12-13,15-16H,2,4,14H2,1H3;1H/t12-,13+;/m0./s1. The number of rotatable bonds is 4. The molecule has 1 heterocycles.